The van der Waals surface area contributed by atoms with Crippen molar-refractivity contribution < 1.29 is 0 Å². The molecule has 58 heavy (non-hydrogen) atoms. The van der Waals surface area contributed by atoms with Gasteiger partial charge in [-0.15, -0.1) is 0 Å². The average molecular weight is 733 g/mol. The summed E-state index contributed by atoms with van der Waals surface area (Å²) in [4.78, 5) is 0. The fourth-order valence-corrected chi connectivity index (χ4v) is 9.72. The maximum Gasteiger partial charge on any atom is -0.00923 e. The molecule has 0 aliphatic carbocycles. The van der Waals surface area contributed by atoms with Crippen molar-refractivity contribution in [2.75, 3.05) is 0 Å². The van der Waals surface area contributed by atoms with Gasteiger partial charge in [-0.25, -0.2) is 0 Å². The third kappa shape index (κ3) is 5.09. The minimum atomic E-state index is 1.22. The van der Waals surface area contributed by atoms with Gasteiger partial charge in [0.15, 0.2) is 0 Å². The predicted molar refractivity (Wildman–Crippen MR) is 251 cm³/mol. The van der Waals surface area contributed by atoms with Gasteiger partial charge in [-0.2, -0.15) is 0 Å². The van der Waals surface area contributed by atoms with E-state index in [9.17, 15) is 0 Å². The first-order valence-electron chi connectivity index (χ1n) is 20.2. The molecule has 0 heterocycles. The molecule has 0 fully saturated rings. The van der Waals surface area contributed by atoms with Crippen LogP contribution in [0.15, 0.2) is 218 Å². The van der Waals surface area contributed by atoms with Crippen LogP contribution in [-0.4, -0.2) is 0 Å². The minimum Gasteiger partial charge on any atom is -0.0616 e. The Labute approximate surface area is 336 Å². The number of fused-ring (bicyclic) bond motifs is 11. The van der Waals surface area contributed by atoms with Crippen LogP contribution < -0.4 is 0 Å². The average Bonchev–Trinajstić information content (AvgIpc) is 3.30. The van der Waals surface area contributed by atoms with E-state index in [-0.39, 0.29) is 0 Å². The Morgan fingerprint density at radius 1 is 0.155 bits per heavy atom. The van der Waals surface area contributed by atoms with Crippen LogP contribution in [0.25, 0.3) is 120 Å². The SMILES string of the molecule is c1cc(-c2cc3ccccc3c3ccccc23)cc(-c2cc3c4ccccc4c(-c4cccc(-c5cc6ccccc6c6ccccc56)c4)cc3c3ccccc23)c1. The van der Waals surface area contributed by atoms with Gasteiger partial charge < -0.3 is 0 Å². The van der Waals surface area contributed by atoms with Crippen molar-refractivity contribution in [2.45, 2.75) is 0 Å². The molecule has 0 unspecified atom stereocenters. The van der Waals surface area contributed by atoms with Crippen molar-refractivity contribution in [1.82, 2.24) is 0 Å². The van der Waals surface area contributed by atoms with Gasteiger partial charge in [-0.3, -0.25) is 0 Å². The van der Waals surface area contributed by atoms with E-state index >= 15 is 0 Å². The van der Waals surface area contributed by atoms with Crippen molar-refractivity contribution >= 4 is 75.4 Å². The predicted octanol–water partition coefficient (Wildman–Crippen LogP) is 16.4. The molecule has 0 amide bonds. The van der Waals surface area contributed by atoms with Crippen LogP contribution in [0.2, 0.25) is 0 Å². The maximum atomic E-state index is 2.44. The Kier molecular flexibility index (Phi) is 7.33. The lowest BCUT2D eigenvalue weighted by atomic mass is 9.86. The highest BCUT2D eigenvalue weighted by Crippen LogP contribution is 2.44. The molecular formula is C58H36. The van der Waals surface area contributed by atoms with Crippen molar-refractivity contribution in [3.63, 3.8) is 0 Å². The van der Waals surface area contributed by atoms with Gasteiger partial charge >= 0.3 is 0 Å². The molecule has 12 rings (SSSR count). The van der Waals surface area contributed by atoms with E-state index in [0.29, 0.717) is 0 Å². The van der Waals surface area contributed by atoms with Gasteiger partial charge in [0.05, 0.1) is 0 Å². The number of hydrogen-bond acceptors (Lipinski definition) is 0. The molecule has 0 aliphatic rings. The van der Waals surface area contributed by atoms with E-state index in [1.165, 1.54) is 120 Å². The lowest BCUT2D eigenvalue weighted by molar-refractivity contribution is 1.63. The number of benzene rings is 12. The Bertz CT molecular complexity index is 3380. The molecule has 12 aromatic rings. The first-order valence-corrected chi connectivity index (χ1v) is 20.2. The molecule has 268 valence electrons. The van der Waals surface area contributed by atoms with Gasteiger partial charge in [0.2, 0.25) is 0 Å². The summed E-state index contributed by atoms with van der Waals surface area (Å²) in [5.74, 6) is 0. The van der Waals surface area contributed by atoms with E-state index in [2.05, 4.69) is 218 Å². The quantitative estimate of drug-likeness (QED) is 0.158. The highest BCUT2D eigenvalue weighted by molar-refractivity contribution is 6.24. The van der Waals surface area contributed by atoms with E-state index in [4.69, 9.17) is 0 Å². The molecule has 0 radical (unpaired) electrons. The zero-order valence-electron chi connectivity index (χ0n) is 31.8. The first-order chi connectivity index (χ1) is 28.8. The summed E-state index contributed by atoms with van der Waals surface area (Å²) in [6.45, 7) is 0. The third-order valence-electron chi connectivity index (χ3n) is 12.4. The van der Waals surface area contributed by atoms with Crippen LogP contribution >= 0.6 is 0 Å². The Hall–Kier alpha value is -7.54. The third-order valence-corrected chi connectivity index (χ3v) is 12.4. The highest BCUT2D eigenvalue weighted by atomic mass is 14.2. The van der Waals surface area contributed by atoms with Crippen LogP contribution in [-0.2, 0) is 0 Å². The van der Waals surface area contributed by atoms with Crippen LogP contribution in [0.1, 0.15) is 0 Å². The van der Waals surface area contributed by atoms with Gasteiger partial charge in [0.25, 0.3) is 0 Å². The van der Waals surface area contributed by atoms with Gasteiger partial charge in [0.1, 0.15) is 0 Å². The summed E-state index contributed by atoms with van der Waals surface area (Å²) in [6.07, 6.45) is 0. The van der Waals surface area contributed by atoms with E-state index in [0.717, 1.165) is 0 Å². The Balaban J connectivity index is 1.06. The molecule has 0 atom stereocenters. The minimum absolute atomic E-state index is 1.22. The fraction of sp³-hybridized carbons (Fsp3) is 0. The van der Waals surface area contributed by atoms with Gasteiger partial charge in [-0.1, -0.05) is 182 Å². The molecule has 0 N–H and O–H groups in total. The normalized spacial score (nSPS) is 11.8. The smallest absolute Gasteiger partial charge is 0.00923 e. The Morgan fingerprint density at radius 2 is 0.414 bits per heavy atom. The lowest BCUT2D eigenvalue weighted by Gasteiger charge is -2.17. The summed E-state index contributed by atoms with van der Waals surface area (Å²) in [7, 11) is 0. The second-order valence-electron chi connectivity index (χ2n) is 15.6. The zero-order chi connectivity index (χ0) is 38.2. The van der Waals surface area contributed by atoms with Gasteiger partial charge in [-0.05, 0) is 156 Å². The second kappa shape index (κ2) is 13.0. The summed E-state index contributed by atoms with van der Waals surface area (Å²) in [5.41, 5.74) is 9.90. The van der Waals surface area contributed by atoms with Crippen molar-refractivity contribution in [3.05, 3.63) is 218 Å². The van der Waals surface area contributed by atoms with Crippen molar-refractivity contribution in [2.24, 2.45) is 0 Å². The second-order valence-corrected chi connectivity index (χ2v) is 15.6. The molecule has 0 nitrogen and oxygen atoms in total. The molecule has 0 saturated carbocycles. The van der Waals surface area contributed by atoms with Crippen LogP contribution in [0.3, 0.4) is 0 Å². The Morgan fingerprint density at radius 3 is 0.759 bits per heavy atom. The number of hydrogen-bond donors (Lipinski definition) is 0. The monoisotopic (exact) mass is 732 g/mol. The number of rotatable bonds is 4. The van der Waals surface area contributed by atoms with Gasteiger partial charge in [0, 0.05) is 0 Å². The van der Waals surface area contributed by atoms with Crippen LogP contribution in [0.4, 0.5) is 0 Å². The molecule has 12 aromatic carbocycles. The lowest BCUT2D eigenvalue weighted by Crippen LogP contribution is -1.90. The van der Waals surface area contributed by atoms with Crippen LogP contribution in [0, 0.1) is 0 Å². The molecule has 0 heteroatoms. The first kappa shape index (κ1) is 32.7. The molecule has 0 spiro atoms. The standard InChI is InChI=1S/C58H36/c1-3-21-43-41(15-1)33-53(47-25-7-5-23-45(43)47)37-17-13-19-39(31-37)55-35-57-52-30-12-10-28-50(52)56(36-58(57)51-29-11-9-27-49(51)55)40-20-14-18-38(32-40)54-34-42-16-2-4-22-44(42)46-24-6-8-26-48(46)54/h1-36H. The summed E-state index contributed by atoms with van der Waals surface area (Å²) < 4.78 is 0. The summed E-state index contributed by atoms with van der Waals surface area (Å²) in [6, 6.07) is 81.0. The summed E-state index contributed by atoms with van der Waals surface area (Å²) >= 11 is 0. The summed E-state index contributed by atoms with van der Waals surface area (Å²) in [5, 5.41) is 17.8. The molecule has 0 aliphatic heterocycles. The maximum absolute atomic E-state index is 2.44. The zero-order valence-corrected chi connectivity index (χ0v) is 31.8. The molecular weight excluding hydrogens is 697 g/mol. The molecule has 0 saturated heterocycles. The topological polar surface area (TPSA) is 0 Å². The fourth-order valence-electron chi connectivity index (χ4n) is 9.72. The highest BCUT2D eigenvalue weighted by Gasteiger charge is 2.17. The van der Waals surface area contributed by atoms with Crippen LogP contribution in [0.5, 0.6) is 0 Å². The van der Waals surface area contributed by atoms with Crippen molar-refractivity contribution in [1.29, 1.82) is 0 Å². The molecule has 0 bridgehead atoms. The van der Waals surface area contributed by atoms with E-state index < -0.39 is 0 Å². The van der Waals surface area contributed by atoms with E-state index in [1.807, 2.05) is 0 Å². The van der Waals surface area contributed by atoms with Crippen molar-refractivity contribution in [3.8, 4) is 44.5 Å². The largest absolute Gasteiger partial charge is 0.0616 e. The molecule has 0 aromatic heterocycles. The van der Waals surface area contributed by atoms with E-state index in [1.54, 1.807) is 0 Å².